The molecule has 0 aromatic rings. The van der Waals surface area contributed by atoms with Crippen LogP contribution in [0.15, 0.2) is 0 Å². The third-order valence-electron chi connectivity index (χ3n) is 2.50. The Kier molecular flexibility index (Phi) is 4.69. The molecule has 0 saturated carbocycles. The van der Waals surface area contributed by atoms with E-state index in [9.17, 15) is 12.6 Å². The molecule has 7 heteroatoms. The van der Waals surface area contributed by atoms with Crippen LogP contribution in [-0.4, -0.2) is 60.4 Å². The molecule has 0 radical (unpaired) electrons. The number of nitrogens with one attached hydrogen (secondary N) is 1. The zero-order chi connectivity index (χ0) is 11.5. The molecule has 1 unspecified atom stereocenters. The lowest BCUT2D eigenvalue weighted by molar-refractivity contribution is 0.429. The molecule has 0 spiro atoms. The SMILES string of the molecule is CNCC(C)S(=O)(=O)N1CCS(=O)CC1. The summed E-state index contributed by atoms with van der Waals surface area (Å²) in [4.78, 5) is 0. The highest BCUT2D eigenvalue weighted by Crippen LogP contribution is 2.11. The third-order valence-corrected chi connectivity index (χ3v) is 6.04. The Bertz CT molecular complexity index is 319. The Balaban J connectivity index is 2.65. The molecule has 0 aromatic heterocycles. The molecule has 1 saturated heterocycles. The van der Waals surface area contributed by atoms with Crippen molar-refractivity contribution in [2.75, 3.05) is 38.2 Å². The van der Waals surface area contributed by atoms with Gasteiger partial charge >= 0.3 is 0 Å². The highest BCUT2D eigenvalue weighted by molar-refractivity contribution is 7.90. The van der Waals surface area contributed by atoms with Gasteiger partial charge in [-0.05, 0) is 14.0 Å². The van der Waals surface area contributed by atoms with Crippen molar-refractivity contribution in [2.45, 2.75) is 12.2 Å². The van der Waals surface area contributed by atoms with Crippen molar-refractivity contribution in [3.8, 4) is 0 Å². The molecule has 0 amide bonds. The first kappa shape index (κ1) is 13.1. The van der Waals surface area contributed by atoms with E-state index in [1.165, 1.54) is 4.31 Å². The first-order chi connectivity index (χ1) is 6.98. The molecule has 15 heavy (non-hydrogen) atoms. The summed E-state index contributed by atoms with van der Waals surface area (Å²) in [5.41, 5.74) is 0. The molecular formula is C8H18N2O3S2. The van der Waals surface area contributed by atoms with Gasteiger partial charge in [0.1, 0.15) is 0 Å². The van der Waals surface area contributed by atoms with Crippen molar-refractivity contribution in [1.29, 1.82) is 0 Å². The molecular weight excluding hydrogens is 236 g/mol. The lowest BCUT2D eigenvalue weighted by Gasteiger charge is -2.28. The van der Waals surface area contributed by atoms with E-state index in [0.29, 0.717) is 31.1 Å². The van der Waals surface area contributed by atoms with Crippen LogP contribution in [0.5, 0.6) is 0 Å². The van der Waals surface area contributed by atoms with Crippen molar-refractivity contribution in [1.82, 2.24) is 9.62 Å². The summed E-state index contributed by atoms with van der Waals surface area (Å²) < 4.78 is 36.5. The predicted molar refractivity (Wildman–Crippen MR) is 61.8 cm³/mol. The first-order valence-electron chi connectivity index (χ1n) is 4.97. The van der Waals surface area contributed by atoms with Gasteiger partial charge in [0.05, 0.1) is 5.25 Å². The number of rotatable bonds is 4. The Morgan fingerprint density at radius 1 is 1.40 bits per heavy atom. The Morgan fingerprint density at radius 2 is 1.93 bits per heavy atom. The number of hydrogen-bond donors (Lipinski definition) is 1. The van der Waals surface area contributed by atoms with E-state index in [1.54, 1.807) is 14.0 Å². The fraction of sp³-hybridized carbons (Fsp3) is 1.00. The van der Waals surface area contributed by atoms with E-state index in [2.05, 4.69) is 5.32 Å². The fourth-order valence-corrected chi connectivity index (χ4v) is 4.38. The monoisotopic (exact) mass is 254 g/mol. The first-order valence-corrected chi connectivity index (χ1v) is 7.96. The van der Waals surface area contributed by atoms with Gasteiger partial charge in [0, 0.05) is 41.9 Å². The molecule has 1 N–H and O–H groups in total. The van der Waals surface area contributed by atoms with Gasteiger partial charge in [0.25, 0.3) is 0 Å². The second-order valence-electron chi connectivity index (χ2n) is 3.66. The third kappa shape index (κ3) is 3.24. The van der Waals surface area contributed by atoms with Gasteiger partial charge in [-0.25, -0.2) is 8.42 Å². The zero-order valence-corrected chi connectivity index (χ0v) is 10.7. The van der Waals surface area contributed by atoms with E-state index in [0.717, 1.165) is 0 Å². The smallest absolute Gasteiger partial charge is 0.218 e. The second kappa shape index (κ2) is 5.38. The molecule has 0 aromatic carbocycles. The van der Waals surface area contributed by atoms with Gasteiger partial charge in [-0.15, -0.1) is 0 Å². The fourth-order valence-electron chi connectivity index (χ4n) is 1.52. The van der Waals surface area contributed by atoms with Crippen molar-refractivity contribution in [2.24, 2.45) is 0 Å². The maximum absolute atomic E-state index is 12.0. The Hall–Kier alpha value is 0.0200. The minimum Gasteiger partial charge on any atom is -0.318 e. The second-order valence-corrected chi connectivity index (χ2v) is 7.71. The summed E-state index contributed by atoms with van der Waals surface area (Å²) >= 11 is 0. The summed E-state index contributed by atoms with van der Waals surface area (Å²) in [6.07, 6.45) is 0. The van der Waals surface area contributed by atoms with E-state index >= 15 is 0 Å². The number of sulfonamides is 1. The van der Waals surface area contributed by atoms with Crippen LogP contribution in [0.2, 0.25) is 0 Å². The summed E-state index contributed by atoms with van der Waals surface area (Å²) in [6, 6.07) is 0. The summed E-state index contributed by atoms with van der Waals surface area (Å²) in [5.74, 6) is 0.928. The minimum atomic E-state index is -3.21. The Labute approximate surface area is 93.7 Å². The summed E-state index contributed by atoms with van der Waals surface area (Å²) in [6.45, 7) is 2.92. The van der Waals surface area contributed by atoms with Gasteiger partial charge in [-0.1, -0.05) is 0 Å². The molecule has 1 aliphatic heterocycles. The topological polar surface area (TPSA) is 66.5 Å². The van der Waals surface area contributed by atoms with Gasteiger partial charge in [0.15, 0.2) is 0 Å². The van der Waals surface area contributed by atoms with Crippen LogP contribution in [0, 0.1) is 0 Å². The van der Waals surface area contributed by atoms with Crippen LogP contribution in [0.1, 0.15) is 6.92 Å². The maximum atomic E-state index is 12.0. The molecule has 1 rings (SSSR count). The largest absolute Gasteiger partial charge is 0.318 e. The van der Waals surface area contributed by atoms with E-state index in [-0.39, 0.29) is 0 Å². The maximum Gasteiger partial charge on any atom is 0.218 e. The molecule has 90 valence electrons. The quantitative estimate of drug-likeness (QED) is 0.698. The molecule has 1 fully saturated rings. The van der Waals surface area contributed by atoms with Crippen molar-refractivity contribution >= 4 is 20.8 Å². The minimum absolute atomic E-state index is 0.392. The van der Waals surface area contributed by atoms with Crippen LogP contribution in [-0.2, 0) is 20.8 Å². The highest BCUT2D eigenvalue weighted by atomic mass is 32.2. The lowest BCUT2D eigenvalue weighted by atomic mass is 10.5. The standard InChI is InChI=1S/C8H18N2O3S2/c1-8(7-9-2)15(12,13)10-3-5-14(11)6-4-10/h8-9H,3-7H2,1-2H3. The van der Waals surface area contributed by atoms with Crippen molar-refractivity contribution in [3.05, 3.63) is 0 Å². The average molecular weight is 254 g/mol. The lowest BCUT2D eigenvalue weighted by Crippen LogP contribution is -2.47. The Morgan fingerprint density at radius 3 is 2.40 bits per heavy atom. The summed E-state index contributed by atoms with van der Waals surface area (Å²) in [5, 5.41) is 2.43. The molecule has 0 aliphatic carbocycles. The van der Waals surface area contributed by atoms with Crippen molar-refractivity contribution in [3.63, 3.8) is 0 Å². The highest BCUT2D eigenvalue weighted by Gasteiger charge is 2.30. The van der Waals surface area contributed by atoms with Gasteiger partial charge in [-0.3, -0.25) is 4.21 Å². The average Bonchev–Trinajstić information content (AvgIpc) is 2.18. The van der Waals surface area contributed by atoms with Gasteiger partial charge in [-0.2, -0.15) is 4.31 Å². The zero-order valence-electron chi connectivity index (χ0n) is 9.10. The molecule has 1 aliphatic rings. The van der Waals surface area contributed by atoms with Crippen LogP contribution in [0.3, 0.4) is 0 Å². The van der Waals surface area contributed by atoms with Gasteiger partial charge in [0.2, 0.25) is 10.0 Å². The molecule has 0 bridgehead atoms. The molecule has 5 nitrogen and oxygen atoms in total. The van der Waals surface area contributed by atoms with E-state index < -0.39 is 26.1 Å². The number of hydrogen-bond acceptors (Lipinski definition) is 4. The van der Waals surface area contributed by atoms with Crippen molar-refractivity contribution < 1.29 is 12.6 Å². The van der Waals surface area contributed by atoms with Gasteiger partial charge < -0.3 is 5.32 Å². The number of nitrogens with zero attached hydrogens (tertiary/aromatic N) is 1. The van der Waals surface area contributed by atoms with Crippen LogP contribution in [0.25, 0.3) is 0 Å². The normalized spacial score (nSPS) is 22.8. The van der Waals surface area contributed by atoms with Crippen LogP contribution < -0.4 is 5.32 Å². The molecule has 1 heterocycles. The molecule has 1 atom stereocenters. The van der Waals surface area contributed by atoms with E-state index in [4.69, 9.17) is 0 Å². The van der Waals surface area contributed by atoms with Crippen LogP contribution in [0.4, 0.5) is 0 Å². The summed E-state index contributed by atoms with van der Waals surface area (Å²) in [7, 11) is -2.31. The predicted octanol–water partition coefficient (Wildman–Crippen LogP) is -1.01. The van der Waals surface area contributed by atoms with Crippen LogP contribution >= 0.6 is 0 Å². The van der Waals surface area contributed by atoms with E-state index in [1.807, 2.05) is 0 Å².